The van der Waals surface area contributed by atoms with E-state index >= 15 is 0 Å². The molecular formula is C91H136BrClMgO13P2. The molecule has 1 fully saturated rings. The van der Waals surface area contributed by atoms with E-state index in [0.29, 0.717) is 74.6 Å². The Labute approximate surface area is 694 Å². The van der Waals surface area contributed by atoms with Crippen molar-refractivity contribution in [3.63, 3.8) is 0 Å². The third-order valence-electron chi connectivity index (χ3n) is 19.3. The number of alkyl halides is 1. The number of rotatable bonds is 26. The number of carbonyl (C=O) groups excluding carboxylic acids is 2. The molecule has 0 saturated carbocycles. The number of hydrogen-bond donors (Lipinski definition) is 2. The molecule has 6 heterocycles. The Balaban J connectivity index is 0.000000504. The number of esters is 1. The van der Waals surface area contributed by atoms with Crippen molar-refractivity contribution in [3.05, 3.63) is 214 Å². The molecule has 0 amide bonds. The van der Waals surface area contributed by atoms with Crippen molar-refractivity contribution in [2.24, 2.45) is 23.7 Å². The van der Waals surface area contributed by atoms with Crippen LogP contribution in [0.5, 0.6) is 0 Å². The zero-order valence-corrected chi connectivity index (χ0v) is 74.4. The van der Waals surface area contributed by atoms with E-state index < -0.39 is 24.3 Å². The zero-order chi connectivity index (χ0) is 78.3. The Morgan fingerprint density at radius 2 is 1.32 bits per heavy atom. The summed E-state index contributed by atoms with van der Waals surface area (Å²) in [7, 11) is 4.54. The quantitative estimate of drug-likeness (QED) is 0.0114. The summed E-state index contributed by atoms with van der Waals surface area (Å²) in [4.78, 5) is 23.7. The molecule has 6 aliphatic heterocycles. The van der Waals surface area contributed by atoms with Gasteiger partial charge >= 0.3 is 29.0 Å². The number of epoxide rings is 1. The molecule has 0 spiro atoms. The molecule has 1 saturated heterocycles. The van der Waals surface area contributed by atoms with E-state index in [1.54, 1.807) is 12.1 Å². The second-order valence-electron chi connectivity index (χ2n) is 30.5. The summed E-state index contributed by atoms with van der Waals surface area (Å²) >= 11 is 3.47. The van der Waals surface area contributed by atoms with Crippen LogP contribution in [0.3, 0.4) is 0 Å². The monoisotopic (exact) mass is 1640 g/mol. The first-order valence-electron chi connectivity index (χ1n) is 39.5. The van der Waals surface area contributed by atoms with Crippen LogP contribution in [-0.2, 0) is 73.1 Å². The minimum Gasteiger partial charge on any atom is -1.00 e. The molecule has 3 aromatic rings. The fourth-order valence-electron chi connectivity index (χ4n) is 13.4. The van der Waals surface area contributed by atoms with Gasteiger partial charge in [0, 0.05) is 57.8 Å². The van der Waals surface area contributed by atoms with Crippen LogP contribution in [0.1, 0.15) is 232 Å². The molecule has 2 bridgehead atoms. The molecule has 0 radical (unpaired) electrons. The first kappa shape index (κ1) is 102. The Hall–Kier alpha value is -3.54. The second-order valence-corrected chi connectivity index (χ2v) is 32.0. The van der Waals surface area contributed by atoms with Crippen molar-refractivity contribution < 1.29 is 74.4 Å². The van der Waals surface area contributed by atoms with Gasteiger partial charge in [-0.25, -0.2) is 4.79 Å². The predicted molar refractivity (Wildman–Crippen MR) is 456 cm³/mol. The fraction of sp³-hybridized carbons (Fsp3) is 0.582. The van der Waals surface area contributed by atoms with Crippen LogP contribution in [0.2, 0.25) is 0 Å². The summed E-state index contributed by atoms with van der Waals surface area (Å²) in [6.45, 7) is 35.6. The normalized spacial score (nSPS) is 24.6. The average Bonchev–Trinajstić information content (AvgIpc) is 1.72. The Morgan fingerprint density at radius 3 is 1.91 bits per heavy atom. The van der Waals surface area contributed by atoms with E-state index in [4.69, 9.17) is 42.2 Å². The molecule has 18 atom stereocenters. The van der Waals surface area contributed by atoms with Crippen LogP contribution >= 0.6 is 34.9 Å². The van der Waals surface area contributed by atoms with Crippen molar-refractivity contribution in [1.29, 1.82) is 0 Å². The molecule has 2 N–H and O–H groups in total. The summed E-state index contributed by atoms with van der Waals surface area (Å²) in [6, 6.07) is 26.7. The SMILES string of the molecule is C=C1C[C@H](C)C[C@@H]2CC=C[C@@H](Cc3ccccc3C(=O)O[C@H]([C@@H](O)/C=C/[C@@H]3CC(C)=CCO3)C[C@@H]3O[C@H]3[C@@H](O)C1)O2.CC(C)=CCC[C@H](C)CC=O.CC(C)=CCC[C@H](C)C[C@@H]1CC=C[C@@H](Br)O1.CC(C)=CCC[C@H](C)C[C@@H]1CC=C[C@@H](Cc2ccccc2COP)O1.CCOCC.POCc1[c-]cccc1.[Cl-].[Mg+2]. The average molecular weight is 1640 g/mol. The molecule has 18 heteroatoms. The van der Waals surface area contributed by atoms with Gasteiger partial charge in [-0.2, -0.15) is 30.3 Å². The zero-order valence-electron chi connectivity index (χ0n) is 68.4. The molecule has 6 aliphatic rings. The van der Waals surface area contributed by atoms with Crippen molar-refractivity contribution >= 4 is 70.2 Å². The summed E-state index contributed by atoms with van der Waals surface area (Å²) in [5.41, 5.74) is 11.4. The molecule has 0 aromatic heterocycles. The van der Waals surface area contributed by atoms with Gasteiger partial charge in [0.15, 0.2) is 0 Å². The van der Waals surface area contributed by atoms with Crippen molar-refractivity contribution in [2.75, 3.05) is 19.8 Å². The van der Waals surface area contributed by atoms with Gasteiger partial charge in [0.05, 0.1) is 74.2 Å². The first-order chi connectivity index (χ1) is 51.4. The van der Waals surface area contributed by atoms with Crippen LogP contribution in [0.25, 0.3) is 0 Å². The second kappa shape index (κ2) is 60.0. The van der Waals surface area contributed by atoms with Crippen LogP contribution < -0.4 is 12.4 Å². The van der Waals surface area contributed by atoms with Gasteiger partial charge in [0.2, 0.25) is 0 Å². The smallest absolute Gasteiger partial charge is 1.00 e. The number of aldehydes is 1. The number of fused-ring (bicyclic) bond motifs is 4. The van der Waals surface area contributed by atoms with Crippen molar-refractivity contribution in [1.82, 2.24) is 0 Å². The van der Waals surface area contributed by atoms with Crippen molar-refractivity contribution in [2.45, 2.75) is 297 Å². The molecule has 0 aliphatic carbocycles. The van der Waals surface area contributed by atoms with Gasteiger partial charge in [-0.15, -0.1) is 5.56 Å². The minimum absolute atomic E-state index is 0. The molecule has 604 valence electrons. The summed E-state index contributed by atoms with van der Waals surface area (Å²) in [6.07, 6.45) is 41.7. The van der Waals surface area contributed by atoms with Gasteiger partial charge < -0.3 is 69.6 Å². The molecule has 3 aromatic carbocycles. The number of aliphatic hydroxyl groups excluding tert-OH is 2. The maximum absolute atomic E-state index is 13.6. The van der Waals surface area contributed by atoms with E-state index in [2.05, 4.69) is 203 Å². The molecule has 13 nitrogen and oxygen atoms in total. The van der Waals surface area contributed by atoms with Crippen molar-refractivity contribution in [3.8, 4) is 0 Å². The molecule has 109 heavy (non-hydrogen) atoms. The maximum atomic E-state index is 13.6. The van der Waals surface area contributed by atoms with E-state index in [-0.39, 0.29) is 83.5 Å². The van der Waals surface area contributed by atoms with E-state index in [9.17, 15) is 19.8 Å². The predicted octanol–water partition coefficient (Wildman–Crippen LogP) is 18.3. The van der Waals surface area contributed by atoms with E-state index in [1.807, 2.05) is 68.5 Å². The van der Waals surface area contributed by atoms with Gasteiger partial charge in [-0.1, -0.05) is 187 Å². The van der Waals surface area contributed by atoms with Crippen LogP contribution in [-0.4, -0.2) is 137 Å². The molecule has 2 unspecified atom stereocenters. The number of benzene rings is 3. The number of cyclic esters (lactones) is 1. The third-order valence-corrected chi connectivity index (χ3v) is 20.1. The Bertz CT molecular complexity index is 3220. The third kappa shape index (κ3) is 46.0. The van der Waals surface area contributed by atoms with Gasteiger partial charge in [0.1, 0.15) is 29.6 Å². The van der Waals surface area contributed by atoms with Gasteiger partial charge in [0.25, 0.3) is 0 Å². The van der Waals surface area contributed by atoms with Crippen LogP contribution in [0.15, 0.2) is 180 Å². The largest absolute Gasteiger partial charge is 2.00 e. The minimum atomic E-state index is -1.06. The van der Waals surface area contributed by atoms with E-state index in [1.165, 1.54) is 65.5 Å². The number of aliphatic hydroxyl groups is 2. The number of allylic oxidation sites excluding steroid dienone is 6. The molecular weight excluding hydrogens is 1500 g/mol. The first-order valence-corrected chi connectivity index (χ1v) is 41.4. The van der Waals surface area contributed by atoms with Gasteiger partial charge in [-0.05, 0) is 211 Å². The Kier molecular flexibility index (Phi) is 55.9. The molecule has 9 rings (SSSR count). The summed E-state index contributed by atoms with van der Waals surface area (Å²) < 4.78 is 51.1. The van der Waals surface area contributed by atoms with Crippen LogP contribution in [0, 0.1) is 29.7 Å². The van der Waals surface area contributed by atoms with Crippen LogP contribution in [0.4, 0.5) is 0 Å². The standard InChI is InChI=1S/C34H44O7.C22H33O2P.C14H23BrO.C10H18O.C7H8OP.C4H10O.ClH.Mg/c1-21-13-14-38-25(16-21)11-12-29(35)31-20-32-33(40-32)30(36)18-23(3)15-22(2)17-26-8-6-9-27(39-26)19-24-7-4-5-10-28(24)34(37)41-31;1-17(2)8-6-9-18(3)14-21-12-7-13-22(24-21)15-19-10-4-5-11-20(19)16-23-25;1-11(2)6-4-7-12(3)10-13-8-5-9-14(15)16-13;1-9(2)5-4-6-10(3)7-8-11;9-8-6-7-4-2-1-3-5-7;1-3-5-4-2;;/h4-7,9-13,22,25-27,29-33,35-36H,3,8,14-20H2,1-2H3;4-5,7-8,10-11,13,18,21-22H,6,9,12,14-16,25H2,1-3H3;5-6,9,12-14H,4,7-8,10H2,1-3H3;5,8,10H,4,6-7H2,1-3H3;1-4H,6,9H2;3-4H2,1-2H3;1H;/q;;;;-1;;;+2/p-1/b12-11+;;;;;;;/t22-,25+,26-,27-,29-,30-,31-,32-,33-;18-,21-,22-;12-,13-,14-;10-;;;;/m0000..../s1. The Morgan fingerprint density at radius 1 is 0.725 bits per heavy atom. The number of carbonyl (C=O) groups is 2. The number of hydrogen-bond acceptors (Lipinski definition) is 13. The summed E-state index contributed by atoms with van der Waals surface area (Å²) in [5.74, 6) is 1.85. The number of halogens is 2. The number of ether oxygens (including phenoxy) is 7. The fourth-order valence-corrected chi connectivity index (χ4v) is 14.3. The van der Waals surface area contributed by atoms with Gasteiger partial charge in [-0.3, -0.25) is 0 Å². The van der Waals surface area contributed by atoms with E-state index in [0.717, 1.165) is 106 Å². The topological polar surface area (TPSA) is 161 Å². The summed E-state index contributed by atoms with van der Waals surface area (Å²) in [5, 5.41) is 22.2. The maximum Gasteiger partial charge on any atom is 2.00 e.